The Morgan fingerprint density at radius 2 is 1.72 bits per heavy atom. The fraction of sp³-hybridized carbons (Fsp3) is 0.167. The topological polar surface area (TPSA) is 67.4 Å². The molecule has 0 aromatic heterocycles. The van der Waals surface area contributed by atoms with Crippen LogP contribution in [-0.4, -0.2) is 18.4 Å². The first kappa shape index (κ1) is 18.7. The first-order valence-electron chi connectivity index (χ1n) is 9.59. The maximum absolute atomic E-state index is 12.8. The van der Waals surface area contributed by atoms with Crippen molar-refractivity contribution in [1.82, 2.24) is 0 Å². The quantitative estimate of drug-likeness (QED) is 0.697. The van der Waals surface area contributed by atoms with E-state index in [0.717, 1.165) is 16.9 Å². The summed E-state index contributed by atoms with van der Waals surface area (Å²) in [5, 5.41) is 5.80. The zero-order valence-corrected chi connectivity index (χ0v) is 16.1. The number of para-hydroxylation sites is 2. The van der Waals surface area contributed by atoms with Gasteiger partial charge in [-0.1, -0.05) is 42.5 Å². The van der Waals surface area contributed by atoms with E-state index in [1.165, 1.54) is 0 Å². The third-order valence-corrected chi connectivity index (χ3v) is 4.96. The Kier molecular flexibility index (Phi) is 5.29. The molecule has 0 bridgehead atoms. The number of nitrogens with one attached hydrogen (secondary N) is 2. The van der Waals surface area contributed by atoms with Crippen LogP contribution in [0.2, 0.25) is 0 Å². The van der Waals surface area contributed by atoms with E-state index in [1.807, 2.05) is 55.5 Å². The van der Waals surface area contributed by atoms with Gasteiger partial charge in [0, 0.05) is 5.69 Å². The predicted molar refractivity (Wildman–Crippen MR) is 113 cm³/mol. The van der Waals surface area contributed by atoms with E-state index in [1.54, 1.807) is 24.3 Å². The number of hydrogen-bond acceptors (Lipinski definition) is 3. The van der Waals surface area contributed by atoms with Crippen LogP contribution in [0.25, 0.3) is 0 Å². The molecule has 1 aliphatic heterocycles. The van der Waals surface area contributed by atoms with Gasteiger partial charge >= 0.3 is 0 Å². The van der Waals surface area contributed by atoms with E-state index >= 15 is 0 Å². The average Bonchev–Trinajstić information content (AvgIpc) is 2.73. The first-order chi connectivity index (χ1) is 14.1. The summed E-state index contributed by atoms with van der Waals surface area (Å²) in [6.45, 7) is 2.29. The van der Waals surface area contributed by atoms with Gasteiger partial charge in [0.25, 0.3) is 5.91 Å². The Hall–Kier alpha value is -3.60. The summed E-state index contributed by atoms with van der Waals surface area (Å²) in [6.07, 6.45) is 0.611. The van der Waals surface area contributed by atoms with Crippen LogP contribution in [0.3, 0.4) is 0 Å². The highest BCUT2D eigenvalue weighted by molar-refractivity contribution is 6.10. The number of carbonyl (C=O) groups is 2. The van der Waals surface area contributed by atoms with Crippen LogP contribution < -0.4 is 15.4 Å². The summed E-state index contributed by atoms with van der Waals surface area (Å²) >= 11 is 0. The van der Waals surface area contributed by atoms with Crippen molar-refractivity contribution in [2.75, 3.05) is 17.2 Å². The fourth-order valence-corrected chi connectivity index (χ4v) is 3.44. The summed E-state index contributed by atoms with van der Waals surface area (Å²) in [5.74, 6) is 0.0966. The molecular weight excluding hydrogens is 364 g/mol. The molecule has 1 unspecified atom stereocenters. The number of aryl methyl sites for hydroxylation is 1. The minimum Gasteiger partial charge on any atom is -0.492 e. The van der Waals surface area contributed by atoms with Crippen molar-refractivity contribution in [3.8, 4) is 5.75 Å². The third kappa shape index (κ3) is 4.29. The molecule has 1 heterocycles. The summed E-state index contributed by atoms with van der Waals surface area (Å²) in [7, 11) is 0. The maximum Gasteiger partial charge on any atom is 0.257 e. The Labute approximate surface area is 169 Å². The average molecular weight is 386 g/mol. The van der Waals surface area contributed by atoms with Crippen LogP contribution >= 0.6 is 0 Å². The van der Waals surface area contributed by atoms with E-state index in [0.29, 0.717) is 30.0 Å². The van der Waals surface area contributed by atoms with Crippen molar-refractivity contribution < 1.29 is 14.3 Å². The largest absolute Gasteiger partial charge is 0.492 e. The molecule has 2 N–H and O–H groups in total. The molecule has 3 aromatic rings. The monoisotopic (exact) mass is 386 g/mol. The van der Waals surface area contributed by atoms with Crippen LogP contribution in [0.4, 0.5) is 11.4 Å². The molecule has 5 heteroatoms. The summed E-state index contributed by atoms with van der Waals surface area (Å²) < 4.78 is 5.72. The molecule has 29 heavy (non-hydrogen) atoms. The molecule has 0 aliphatic carbocycles. The highest BCUT2D eigenvalue weighted by Gasteiger charge is 2.26. The molecule has 2 amide bonds. The van der Waals surface area contributed by atoms with Crippen LogP contribution in [0.1, 0.15) is 21.5 Å². The van der Waals surface area contributed by atoms with E-state index < -0.39 is 0 Å². The molecular formula is C24H22N2O3. The summed E-state index contributed by atoms with van der Waals surface area (Å²) in [5.41, 5.74) is 3.70. The second-order valence-electron chi connectivity index (χ2n) is 7.18. The molecule has 4 rings (SSSR count). The number of amides is 2. The van der Waals surface area contributed by atoms with Crippen molar-refractivity contribution in [3.05, 3.63) is 89.5 Å². The van der Waals surface area contributed by atoms with Gasteiger partial charge < -0.3 is 15.4 Å². The normalized spacial score (nSPS) is 15.0. The molecule has 1 atom stereocenters. The van der Waals surface area contributed by atoms with E-state index in [2.05, 4.69) is 10.6 Å². The SMILES string of the molecule is Cc1cccc(NC(=O)c2ccccc2NC(=O)C2COc3ccccc3C2)c1. The summed E-state index contributed by atoms with van der Waals surface area (Å²) in [6, 6.07) is 22.3. The standard InChI is InChI=1S/C24H22N2O3/c1-16-7-6-9-19(13-16)25-24(28)20-10-3-4-11-21(20)26-23(27)18-14-17-8-2-5-12-22(17)29-15-18/h2-13,18H,14-15H2,1H3,(H,25,28)(H,26,27). The smallest absolute Gasteiger partial charge is 0.257 e. The van der Waals surface area contributed by atoms with Crippen LogP contribution in [0, 0.1) is 12.8 Å². The number of fused-ring (bicyclic) bond motifs is 1. The second kappa shape index (κ2) is 8.19. The fourth-order valence-electron chi connectivity index (χ4n) is 3.44. The van der Waals surface area contributed by atoms with Gasteiger partial charge in [0.15, 0.2) is 0 Å². The second-order valence-corrected chi connectivity index (χ2v) is 7.18. The molecule has 0 radical (unpaired) electrons. The third-order valence-electron chi connectivity index (χ3n) is 4.96. The van der Waals surface area contributed by atoms with E-state index in [9.17, 15) is 9.59 Å². The highest BCUT2D eigenvalue weighted by atomic mass is 16.5. The molecule has 0 saturated heterocycles. The first-order valence-corrected chi connectivity index (χ1v) is 9.59. The molecule has 1 aliphatic rings. The highest BCUT2D eigenvalue weighted by Crippen LogP contribution is 2.28. The van der Waals surface area contributed by atoms with Crippen molar-refractivity contribution in [3.63, 3.8) is 0 Å². The molecule has 5 nitrogen and oxygen atoms in total. The molecule has 0 fully saturated rings. The van der Waals surface area contributed by atoms with Gasteiger partial charge in [-0.25, -0.2) is 0 Å². The zero-order chi connectivity index (χ0) is 20.2. The number of hydrogen-bond donors (Lipinski definition) is 2. The van der Waals surface area contributed by atoms with Gasteiger partial charge in [0.1, 0.15) is 12.4 Å². The number of carbonyl (C=O) groups excluding carboxylic acids is 2. The number of rotatable bonds is 4. The van der Waals surface area contributed by atoms with E-state index in [-0.39, 0.29) is 17.7 Å². The Morgan fingerprint density at radius 1 is 0.931 bits per heavy atom. The van der Waals surface area contributed by atoms with Gasteiger partial charge in [-0.15, -0.1) is 0 Å². The lowest BCUT2D eigenvalue weighted by atomic mass is 9.96. The molecule has 3 aromatic carbocycles. The van der Waals surface area contributed by atoms with Gasteiger partial charge in [-0.05, 0) is 54.8 Å². The van der Waals surface area contributed by atoms with Gasteiger partial charge in [0.2, 0.25) is 5.91 Å². The Morgan fingerprint density at radius 3 is 2.59 bits per heavy atom. The number of benzene rings is 3. The van der Waals surface area contributed by atoms with Gasteiger partial charge in [-0.2, -0.15) is 0 Å². The Balaban J connectivity index is 1.48. The van der Waals surface area contributed by atoms with Crippen molar-refractivity contribution in [1.29, 1.82) is 0 Å². The summed E-state index contributed by atoms with van der Waals surface area (Å²) in [4.78, 5) is 25.6. The van der Waals surface area contributed by atoms with Crippen LogP contribution in [0.15, 0.2) is 72.8 Å². The lowest BCUT2D eigenvalue weighted by Gasteiger charge is -2.24. The predicted octanol–water partition coefficient (Wildman–Crippen LogP) is 4.44. The maximum atomic E-state index is 12.8. The molecule has 146 valence electrons. The van der Waals surface area contributed by atoms with E-state index in [4.69, 9.17) is 4.74 Å². The lowest BCUT2D eigenvalue weighted by molar-refractivity contribution is -0.121. The molecule has 0 saturated carbocycles. The number of anilines is 2. The zero-order valence-electron chi connectivity index (χ0n) is 16.1. The van der Waals surface area contributed by atoms with Crippen LogP contribution in [0.5, 0.6) is 5.75 Å². The van der Waals surface area contributed by atoms with Gasteiger partial charge in [-0.3, -0.25) is 9.59 Å². The minimum absolute atomic E-state index is 0.157. The van der Waals surface area contributed by atoms with Crippen LogP contribution in [-0.2, 0) is 11.2 Å². The Bertz CT molecular complexity index is 1060. The minimum atomic E-state index is -0.308. The van der Waals surface area contributed by atoms with Crippen molar-refractivity contribution in [2.24, 2.45) is 5.92 Å². The molecule has 0 spiro atoms. The van der Waals surface area contributed by atoms with Crippen molar-refractivity contribution >= 4 is 23.2 Å². The van der Waals surface area contributed by atoms with Gasteiger partial charge in [0.05, 0.1) is 17.2 Å². The number of ether oxygens (including phenoxy) is 1. The van der Waals surface area contributed by atoms with Crippen molar-refractivity contribution in [2.45, 2.75) is 13.3 Å². The lowest BCUT2D eigenvalue weighted by Crippen LogP contribution is -2.33.